The van der Waals surface area contributed by atoms with E-state index in [9.17, 15) is 14.4 Å². The molecule has 0 aliphatic heterocycles. The minimum absolute atomic E-state index is 0.116. The molecule has 0 fully saturated rings. The Bertz CT molecular complexity index is 5130. The van der Waals surface area contributed by atoms with Gasteiger partial charge in [-0.15, -0.1) is 34.0 Å². The lowest BCUT2D eigenvalue weighted by molar-refractivity contribution is 0.389. The maximum absolute atomic E-state index is 14.4. The topological polar surface area (TPSA) is 51.2 Å². The Morgan fingerprint density at radius 3 is 0.704 bits per heavy atom. The van der Waals surface area contributed by atoms with Crippen molar-refractivity contribution >= 4 is 94.5 Å². The number of rotatable bonds is 33. The Morgan fingerprint density at radius 1 is 0.231 bits per heavy atom. The van der Waals surface area contributed by atoms with Gasteiger partial charge in [-0.1, -0.05) is 287 Å². The Hall–Kier alpha value is -8.13. The van der Waals surface area contributed by atoms with Gasteiger partial charge in [-0.2, -0.15) is 0 Å². The van der Waals surface area contributed by atoms with Crippen LogP contribution in [0.2, 0.25) is 0 Å². The van der Waals surface area contributed by atoms with Gasteiger partial charge < -0.3 is 0 Å². The highest BCUT2D eigenvalue weighted by atomic mass is 32.1. The third kappa shape index (κ3) is 13.1. The van der Waals surface area contributed by atoms with Crippen LogP contribution < -0.4 is 16.3 Å². The first kappa shape index (κ1) is 74.0. The van der Waals surface area contributed by atoms with Crippen molar-refractivity contribution in [2.45, 2.75) is 250 Å². The van der Waals surface area contributed by atoms with Crippen LogP contribution in [-0.4, -0.2) is 0 Å². The molecule has 3 aliphatic carbocycles. The Morgan fingerprint density at radius 2 is 0.454 bits per heavy atom. The number of unbranched alkanes of at least 4 members (excludes halogenated alkanes) is 18. The van der Waals surface area contributed by atoms with Gasteiger partial charge in [0.1, 0.15) is 0 Å². The summed E-state index contributed by atoms with van der Waals surface area (Å²) in [5.74, 6) is 0. The third-order valence-corrected chi connectivity index (χ3v) is 29.2. The Balaban J connectivity index is 1.04. The van der Waals surface area contributed by atoms with Crippen molar-refractivity contribution < 1.29 is 0 Å². The highest BCUT2D eigenvalue weighted by Crippen LogP contribution is 2.72. The maximum atomic E-state index is 14.4. The van der Waals surface area contributed by atoms with Crippen molar-refractivity contribution in [1.29, 1.82) is 0 Å². The van der Waals surface area contributed by atoms with E-state index in [1.165, 1.54) is 182 Å². The number of hydrogen-bond acceptors (Lipinski definition) is 6. The van der Waals surface area contributed by atoms with Crippen molar-refractivity contribution in [3.05, 3.63) is 246 Å². The number of hydrogen-bond donors (Lipinski definition) is 0. The van der Waals surface area contributed by atoms with Gasteiger partial charge in [-0.05, 0) is 230 Å². The molecule has 108 heavy (non-hydrogen) atoms. The zero-order valence-electron chi connectivity index (χ0n) is 65.0. The highest BCUT2D eigenvalue weighted by Gasteiger charge is 2.58. The minimum Gasteiger partial charge on any atom is -0.289 e. The molecule has 0 saturated carbocycles. The van der Waals surface area contributed by atoms with E-state index in [2.05, 4.69) is 187 Å². The van der Waals surface area contributed by atoms with Gasteiger partial charge in [-0.3, -0.25) is 14.4 Å². The highest BCUT2D eigenvalue weighted by molar-refractivity contribution is 7.25. The predicted molar refractivity (Wildman–Crippen MR) is 471 cm³/mol. The van der Waals surface area contributed by atoms with Crippen LogP contribution in [0.4, 0.5) is 0 Å². The van der Waals surface area contributed by atoms with Crippen LogP contribution in [0.15, 0.2) is 196 Å². The van der Waals surface area contributed by atoms with Crippen molar-refractivity contribution in [2.75, 3.05) is 0 Å². The first-order chi connectivity index (χ1) is 53.0. The van der Waals surface area contributed by atoms with Crippen molar-refractivity contribution in [3.63, 3.8) is 0 Å². The average Bonchev–Trinajstić information content (AvgIpc) is 1.48. The van der Waals surface area contributed by atoms with Gasteiger partial charge >= 0.3 is 0 Å². The van der Waals surface area contributed by atoms with Crippen LogP contribution in [0.25, 0.3) is 127 Å². The van der Waals surface area contributed by atoms with E-state index in [0.717, 1.165) is 138 Å². The molecular weight excluding hydrogens is 1370 g/mol. The normalized spacial score (nSPS) is 14.2. The van der Waals surface area contributed by atoms with E-state index in [0.29, 0.717) is 0 Å². The van der Waals surface area contributed by atoms with Crippen LogP contribution in [0.1, 0.15) is 268 Å². The average molecular weight is 1480 g/mol. The largest absolute Gasteiger partial charge is 0.289 e. The molecule has 0 N–H and O–H groups in total. The van der Waals surface area contributed by atoms with Gasteiger partial charge in [0.25, 0.3) is 0 Å². The molecule has 0 bridgehead atoms. The fourth-order valence-corrected chi connectivity index (χ4v) is 23.7. The summed E-state index contributed by atoms with van der Waals surface area (Å²) in [7, 11) is 0. The first-order valence-corrected chi connectivity index (χ1v) is 44.6. The van der Waals surface area contributed by atoms with Gasteiger partial charge in [0.05, 0.1) is 0 Å². The number of fused-ring (bicyclic) bond motifs is 18. The summed E-state index contributed by atoms with van der Waals surface area (Å²) in [5, 5.41) is 4.79. The second-order valence-corrected chi connectivity index (χ2v) is 35.8. The number of benzene rings is 10. The minimum atomic E-state index is -0.318. The molecule has 0 atom stereocenters. The fraction of sp³-hybridized carbons (Fsp3) is 0.382. The first-order valence-electron chi connectivity index (χ1n) is 42.1. The lowest BCUT2D eigenvalue weighted by Gasteiger charge is -2.40. The van der Waals surface area contributed by atoms with Gasteiger partial charge in [0, 0.05) is 76.8 Å². The summed E-state index contributed by atoms with van der Waals surface area (Å²) in [6, 6.07) is 68.3. The van der Waals surface area contributed by atoms with Crippen LogP contribution in [0, 0.1) is 0 Å². The summed E-state index contributed by atoms with van der Waals surface area (Å²) >= 11 is 5.24. The van der Waals surface area contributed by atoms with E-state index in [-0.39, 0.29) is 32.5 Å². The van der Waals surface area contributed by atoms with Crippen LogP contribution >= 0.6 is 34.0 Å². The Labute approximate surface area is 653 Å². The summed E-state index contributed by atoms with van der Waals surface area (Å²) in [6.45, 7) is 14.3. The smallest absolute Gasteiger partial charge is 0.195 e. The van der Waals surface area contributed by atoms with E-state index in [1.54, 1.807) is 67.4 Å². The molecule has 3 aromatic heterocycles. The van der Waals surface area contributed by atoms with E-state index in [4.69, 9.17) is 0 Å². The second kappa shape index (κ2) is 32.1. The molecule has 0 spiro atoms. The summed E-state index contributed by atoms with van der Waals surface area (Å²) < 4.78 is 6.23. The zero-order chi connectivity index (χ0) is 74.1. The van der Waals surface area contributed by atoms with E-state index >= 15 is 0 Å². The maximum Gasteiger partial charge on any atom is 0.195 e. The van der Waals surface area contributed by atoms with Crippen molar-refractivity contribution in [2.24, 2.45) is 0 Å². The van der Waals surface area contributed by atoms with E-state index < -0.39 is 0 Å². The predicted octanol–water partition coefficient (Wildman–Crippen LogP) is 30.5. The molecule has 3 aliphatic rings. The van der Waals surface area contributed by atoms with Crippen LogP contribution in [0.5, 0.6) is 0 Å². The molecule has 13 aromatic rings. The summed E-state index contributed by atoms with van der Waals surface area (Å²) in [4.78, 5) is 43.1. The molecule has 0 unspecified atom stereocenters. The van der Waals surface area contributed by atoms with Crippen molar-refractivity contribution in [1.82, 2.24) is 0 Å². The second-order valence-electron chi connectivity index (χ2n) is 32.6. The molecule has 0 radical (unpaired) electrons. The fourth-order valence-electron chi connectivity index (χ4n) is 20.4. The Kier molecular flexibility index (Phi) is 22.0. The van der Waals surface area contributed by atoms with Crippen LogP contribution in [0.3, 0.4) is 0 Å². The molecule has 552 valence electrons. The molecule has 0 saturated heterocycles. The molecule has 16 rings (SSSR count). The summed E-state index contributed by atoms with van der Waals surface area (Å²) in [5.41, 5.74) is 25.2. The molecule has 0 amide bonds. The van der Waals surface area contributed by atoms with Gasteiger partial charge in [0.15, 0.2) is 16.3 Å². The standard InChI is InChI=1S/C102H108O3S3/c1-7-13-19-31-55-100(56-32-20-14-8-2)82-61-67(70-46-52-79-88(64-70)106-85-40-28-25-37-76(85)97(79)103)43-49-73(82)91-94(100)92-74-50-44-68(71-47-53-80-89(65-71)107-86-41-29-26-38-77(86)98(80)104)62-83(74)101(57-33-21-15-9-3,58-34-22-16-10-4)96(92)93-75-51-45-69(72-48-54-81-90(66-72)108-87-42-30-27-39-78(87)99(81)105)63-84(75)102(95(91)93,59-35-23-17-11-5)60-36-24-18-12-6/h25-30,37-54,61-66H,7-24,31-36,55-60H2,1-6H3. The molecule has 3 nitrogen and oxygen atoms in total. The SMILES string of the molecule is CCCCCCC1(CCCCCC)c2cc(-c3ccc4c(=O)c5ccccc5sc4c3)ccc2-c2c1c1c(c3c2C(CCCCCC)(CCCCCC)c2cc(-c4ccc5c(=O)c6ccccc6sc5c4)ccc2-3)C(CCCCCC)(CCCCCC)c2cc(-c3ccc4c(=O)c5ccccc5sc4c3)ccc2-1. The lowest BCUT2D eigenvalue weighted by Crippen LogP contribution is -2.31. The zero-order valence-corrected chi connectivity index (χ0v) is 67.4. The van der Waals surface area contributed by atoms with Crippen LogP contribution in [-0.2, 0) is 16.2 Å². The third-order valence-electron chi connectivity index (χ3n) is 25.8. The van der Waals surface area contributed by atoms with E-state index in [1.807, 2.05) is 36.4 Å². The quantitative estimate of drug-likeness (QED) is 0.0304. The lowest BCUT2D eigenvalue weighted by atomic mass is 9.63. The molecular formula is C102H108O3S3. The molecule has 6 heteroatoms. The summed E-state index contributed by atoms with van der Waals surface area (Å²) in [6.07, 6.45) is 35.1. The molecule has 3 heterocycles. The van der Waals surface area contributed by atoms with Gasteiger partial charge in [-0.25, -0.2) is 0 Å². The monoisotopic (exact) mass is 1480 g/mol. The van der Waals surface area contributed by atoms with Gasteiger partial charge in [0.2, 0.25) is 0 Å². The molecule has 10 aromatic carbocycles. The van der Waals surface area contributed by atoms with Crippen molar-refractivity contribution in [3.8, 4) is 66.8 Å².